The average Bonchev–Trinajstić information content (AvgIpc) is 2.49. The Hall–Kier alpha value is -1.84. The van der Waals surface area contributed by atoms with Crippen molar-refractivity contribution in [2.75, 3.05) is 7.11 Å². The lowest BCUT2D eigenvalue weighted by Crippen LogP contribution is -2.41. The Morgan fingerprint density at radius 2 is 1.76 bits per heavy atom. The molecule has 0 aliphatic rings. The van der Waals surface area contributed by atoms with E-state index in [1.165, 1.54) is 11.1 Å². The molecule has 1 unspecified atom stereocenters. The third-order valence-electron chi connectivity index (χ3n) is 4.10. The van der Waals surface area contributed by atoms with Gasteiger partial charge in [0.15, 0.2) is 0 Å². The Morgan fingerprint density at radius 1 is 1.10 bits per heavy atom. The molecule has 3 N–H and O–H groups in total. The fourth-order valence-electron chi connectivity index (χ4n) is 2.80. The molecule has 0 fully saturated rings. The molecule has 3 nitrogen and oxygen atoms in total. The highest BCUT2D eigenvalue weighted by Gasteiger charge is 2.33. The number of methoxy groups -OCH3 is 1. The maximum Gasteiger partial charge on any atom is 0.123 e. The van der Waals surface area contributed by atoms with Gasteiger partial charge >= 0.3 is 0 Å². The Labute approximate surface area is 127 Å². The average molecular weight is 284 g/mol. The van der Waals surface area contributed by atoms with E-state index in [2.05, 4.69) is 56.5 Å². The van der Waals surface area contributed by atoms with Gasteiger partial charge in [0.25, 0.3) is 0 Å². The summed E-state index contributed by atoms with van der Waals surface area (Å²) in [4.78, 5) is 0. The van der Waals surface area contributed by atoms with Crippen molar-refractivity contribution in [3.63, 3.8) is 0 Å². The molecule has 0 saturated heterocycles. The zero-order chi connectivity index (χ0) is 15.5. The second kappa shape index (κ2) is 6.29. The minimum absolute atomic E-state index is 0.0465. The van der Waals surface area contributed by atoms with E-state index in [9.17, 15) is 0 Å². The molecule has 0 aliphatic heterocycles. The predicted octanol–water partition coefficient (Wildman–Crippen LogP) is 3.49. The van der Waals surface area contributed by atoms with Crippen LogP contribution in [0, 0.1) is 6.92 Å². The second-order valence-corrected chi connectivity index (χ2v) is 5.93. The van der Waals surface area contributed by atoms with E-state index in [0.29, 0.717) is 0 Å². The number of benzene rings is 2. The minimum Gasteiger partial charge on any atom is -0.496 e. The summed E-state index contributed by atoms with van der Waals surface area (Å²) in [6.07, 6.45) is 0. The Balaban J connectivity index is 2.51. The molecule has 0 aromatic heterocycles. The van der Waals surface area contributed by atoms with Crippen LogP contribution < -0.4 is 16.0 Å². The van der Waals surface area contributed by atoms with Crippen molar-refractivity contribution in [1.29, 1.82) is 0 Å². The Kier molecular flexibility index (Phi) is 4.66. The monoisotopic (exact) mass is 284 g/mol. The summed E-state index contributed by atoms with van der Waals surface area (Å²) >= 11 is 0. The van der Waals surface area contributed by atoms with Crippen molar-refractivity contribution in [1.82, 2.24) is 5.43 Å². The Morgan fingerprint density at radius 3 is 2.33 bits per heavy atom. The van der Waals surface area contributed by atoms with Crippen molar-refractivity contribution in [3.05, 3.63) is 65.2 Å². The van der Waals surface area contributed by atoms with E-state index in [1.54, 1.807) is 7.11 Å². The van der Waals surface area contributed by atoms with E-state index in [-0.39, 0.29) is 11.5 Å². The fraction of sp³-hybridized carbons (Fsp3) is 0.333. The topological polar surface area (TPSA) is 47.3 Å². The molecule has 2 rings (SSSR count). The summed E-state index contributed by atoms with van der Waals surface area (Å²) < 4.78 is 5.52. The molecule has 21 heavy (non-hydrogen) atoms. The molecule has 3 heteroatoms. The van der Waals surface area contributed by atoms with Crippen LogP contribution >= 0.6 is 0 Å². The van der Waals surface area contributed by atoms with Crippen LogP contribution in [0.4, 0.5) is 0 Å². The van der Waals surface area contributed by atoms with Crippen LogP contribution in [0.15, 0.2) is 48.5 Å². The zero-order valence-corrected chi connectivity index (χ0v) is 13.2. The van der Waals surface area contributed by atoms with Gasteiger partial charge in [-0.1, -0.05) is 61.9 Å². The Bertz CT molecular complexity index is 593. The maximum absolute atomic E-state index is 5.90. The van der Waals surface area contributed by atoms with Crippen LogP contribution in [0.3, 0.4) is 0 Å². The van der Waals surface area contributed by atoms with E-state index in [1.807, 2.05) is 18.2 Å². The summed E-state index contributed by atoms with van der Waals surface area (Å²) in [5.41, 5.74) is 6.31. The second-order valence-electron chi connectivity index (χ2n) is 5.93. The molecule has 2 aromatic carbocycles. The standard InChI is InChI=1S/C18H24N2O/c1-13-10-11-16(21-4)15(12-13)17(20-19)18(2,3)14-8-6-5-7-9-14/h5-12,17,20H,19H2,1-4H3. The molecule has 0 amide bonds. The third-order valence-corrected chi connectivity index (χ3v) is 4.10. The number of hydrogen-bond acceptors (Lipinski definition) is 3. The summed E-state index contributed by atoms with van der Waals surface area (Å²) in [5, 5.41) is 0. The number of hydrogen-bond donors (Lipinski definition) is 2. The first-order valence-corrected chi connectivity index (χ1v) is 7.17. The molecule has 112 valence electrons. The normalized spacial score (nSPS) is 13.0. The van der Waals surface area contributed by atoms with Crippen molar-refractivity contribution in [2.45, 2.75) is 32.2 Å². The highest BCUT2D eigenvalue weighted by Crippen LogP contribution is 2.40. The van der Waals surface area contributed by atoms with Gasteiger partial charge in [-0.15, -0.1) is 0 Å². The first-order valence-electron chi connectivity index (χ1n) is 7.17. The summed E-state index contributed by atoms with van der Waals surface area (Å²) in [7, 11) is 1.69. The van der Waals surface area contributed by atoms with Gasteiger partial charge in [0, 0.05) is 11.0 Å². The quantitative estimate of drug-likeness (QED) is 0.652. The molecular weight excluding hydrogens is 260 g/mol. The lowest BCUT2D eigenvalue weighted by Gasteiger charge is -2.35. The van der Waals surface area contributed by atoms with Crippen LogP contribution in [-0.2, 0) is 5.41 Å². The van der Waals surface area contributed by atoms with Gasteiger partial charge in [-0.2, -0.15) is 0 Å². The smallest absolute Gasteiger partial charge is 0.123 e. The predicted molar refractivity (Wildman–Crippen MR) is 87.3 cm³/mol. The molecule has 2 aromatic rings. The van der Waals surface area contributed by atoms with Crippen LogP contribution in [0.1, 0.15) is 36.6 Å². The van der Waals surface area contributed by atoms with E-state index >= 15 is 0 Å². The van der Waals surface area contributed by atoms with Gasteiger partial charge in [-0.25, -0.2) is 0 Å². The third kappa shape index (κ3) is 3.09. The van der Waals surface area contributed by atoms with Crippen LogP contribution in [0.25, 0.3) is 0 Å². The lowest BCUT2D eigenvalue weighted by molar-refractivity contribution is 0.333. The van der Waals surface area contributed by atoms with Gasteiger partial charge in [0.05, 0.1) is 13.2 Å². The van der Waals surface area contributed by atoms with Crippen molar-refractivity contribution >= 4 is 0 Å². The highest BCUT2D eigenvalue weighted by molar-refractivity contribution is 5.42. The molecule has 0 saturated carbocycles. The number of hydrazine groups is 1. The van der Waals surface area contributed by atoms with E-state index in [0.717, 1.165) is 11.3 Å². The molecular formula is C18H24N2O. The largest absolute Gasteiger partial charge is 0.496 e. The van der Waals surface area contributed by atoms with Gasteiger partial charge in [-0.05, 0) is 18.6 Å². The molecule has 0 aliphatic carbocycles. The van der Waals surface area contributed by atoms with Gasteiger partial charge in [0.2, 0.25) is 0 Å². The molecule has 0 bridgehead atoms. The lowest BCUT2D eigenvalue weighted by atomic mass is 9.75. The van der Waals surface area contributed by atoms with Crippen LogP contribution in [-0.4, -0.2) is 7.11 Å². The molecule has 1 atom stereocenters. The van der Waals surface area contributed by atoms with E-state index < -0.39 is 0 Å². The maximum atomic E-state index is 5.90. The van der Waals surface area contributed by atoms with Gasteiger partial charge < -0.3 is 4.74 Å². The van der Waals surface area contributed by atoms with Gasteiger partial charge in [-0.3, -0.25) is 11.3 Å². The van der Waals surface area contributed by atoms with Crippen molar-refractivity contribution in [2.24, 2.45) is 5.84 Å². The first-order chi connectivity index (χ1) is 10.0. The summed E-state index contributed by atoms with van der Waals surface area (Å²) in [6, 6.07) is 16.5. The van der Waals surface area contributed by atoms with Crippen LogP contribution in [0.5, 0.6) is 5.75 Å². The summed E-state index contributed by atoms with van der Waals surface area (Å²) in [6.45, 7) is 6.45. The fourth-order valence-corrected chi connectivity index (χ4v) is 2.80. The SMILES string of the molecule is COc1ccc(C)cc1C(NN)C(C)(C)c1ccccc1. The van der Waals surface area contributed by atoms with Crippen molar-refractivity contribution in [3.8, 4) is 5.75 Å². The number of nitrogens with one attached hydrogen (secondary N) is 1. The zero-order valence-electron chi connectivity index (χ0n) is 13.2. The molecule has 0 heterocycles. The van der Waals surface area contributed by atoms with Gasteiger partial charge in [0.1, 0.15) is 5.75 Å². The highest BCUT2D eigenvalue weighted by atomic mass is 16.5. The number of aryl methyl sites for hydroxylation is 1. The van der Waals surface area contributed by atoms with Crippen molar-refractivity contribution < 1.29 is 4.74 Å². The molecule has 0 spiro atoms. The number of ether oxygens (including phenoxy) is 1. The number of nitrogens with two attached hydrogens (primary N) is 1. The van der Waals surface area contributed by atoms with Crippen LogP contribution in [0.2, 0.25) is 0 Å². The first kappa shape index (κ1) is 15.5. The minimum atomic E-state index is -0.170. The summed E-state index contributed by atoms with van der Waals surface area (Å²) in [5.74, 6) is 6.75. The van der Waals surface area contributed by atoms with E-state index in [4.69, 9.17) is 10.6 Å². The number of rotatable bonds is 5. The molecule has 0 radical (unpaired) electrons.